The standard InChI is InChI=1S/C20H14F2N4O2/c1-28-19-9-8-18-23-17(11-26(18)25-19)12-6-7-15(22)16(10-12)24-20(27)13-4-2-3-5-14(13)21/h2-11H,1H3,(H,24,27). The third kappa shape index (κ3) is 3.27. The Kier molecular flexibility index (Phi) is 4.44. The van der Waals surface area contributed by atoms with Crippen LogP contribution in [0.1, 0.15) is 10.4 Å². The first kappa shape index (κ1) is 17.6. The predicted molar refractivity (Wildman–Crippen MR) is 99.3 cm³/mol. The first-order chi connectivity index (χ1) is 13.5. The molecular formula is C20H14F2N4O2. The monoisotopic (exact) mass is 380 g/mol. The number of ether oxygens (including phenoxy) is 1. The smallest absolute Gasteiger partial charge is 0.258 e. The van der Waals surface area contributed by atoms with Gasteiger partial charge in [-0.1, -0.05) is 12.1 Å². The molecule has 0 spiro atoms. The molecule has 8 heteroatoms. The first-order valence-electron chi connectivity index (χ1n) is 8.31. The van der Waals surface area contributed by atoms with Crippen LogP contribution < -0.4 is 10.1 Å². The van der Waals surface area contributed by atoms with Gasteiger partial charge in [0, 0.05) is 11.6 Å². The van der Waals surface area contributed by atoms with Gasteiger partial charge in [-0.2, -0.15) is 0 Å². The van der Waals surface area contributed by atoms with E-state index >= 15 is 0 Å². The van der Waals surface area contributed by atoms with Crippen LogP contribution in [0.15, 0.2) is 60.8 Å². The summed E-state index contributed by atoms with van der Waals surface area (Å²) in [5.74, 6) is -1.64. The van der Waals surface area contributed by atoms with Gasteiger partial charge in [0.1, 0.15) is 11.6 Å². The van der Waals surface area contributed by atoms with Crippen LogP contribution in [0.2, 0.25) is 0 Å². The summed E-state index contributed by atoms with van der Waals surface area (Å²) in [6.45, 7) is 0. The van der Waals surface area contributed by atoms with E-state index in [0.717, 1.165) is 0 Å². The number of halogens is 2. The normalized spacial score (nSPS) is 10.8. The van der Waals surface area contributed by atoms with E-state index in [0.29, 0.717) is 22.8 Å². The first-order valence-corrected chi connectivity index (χ1v) is 8.31. The van der Waals surface area contributed by atoms with E-state index in [9.17, 15) is 13.6 Å². The Labute approximate surface area is 158 Å². The minimum absolute atomic E-state index is 0.0756. The maximum Gasteiger partial charge on any atom is 0.258 e. The SMILES string of the molecule is COc1ccc2nc(-c3ccc(F)c(NC(=O)c4ccccc4F)c3)cn2n1. The summed E-state index contributed by atoms with van der Waals surface area (Å²) in [6.07, 6.45) is 1.66. The molecule has 0 aliphatic carbocycles. The van der Waals surface area contributed by atoms with Gasteiger partial charge in [-0.05, 0) is 36.4 Å². The fourth-order valence-corrected chi connectivity index (χ4v) is 2.73. The molecular weight excluding hydrogens is 366 g/mol. The number of imidazole rings is 1. The van der Waals surface area contributed by atoms with Crippen LogP contribution in [-0.2, 0) is 0 Å². The van der Waals surface area contributed by atoms with Gasteiger partial charge in [-0.3, -0.25) is 4.79 Å². The van der Waals surface area contributed by atoms with Crippen LogP contribution in [0.4, 0.5) is 14.5 Å². The minimum Gasteiger partial charge on any atom is -0.480 e. The van der Waals surface area contributed by atoms with Crippen molar-refractivity contribution in [3.05, 3.63) is 78.0 Å². The van der Waals surface area contributed by atoms with Crippen molar-refractivity contribution in [2.24, 2.45) is 0 Å². The van der Waals surface area contributed by atoms with Gasteiger partial charge in [-0.15, -0.1) is 5.10 Å². The maximum atomic E-state index is 14.2. The lowest BCUT2D eigenvalue weighted by Gasteiger charge is -2.08. The number of rotatable bonds is 4. The van der Waals surface area contributed by atoms with Crippen LogP contribution in [0.3, 0.4) is 0 Å². The van der Waals surface area contributed by atoms with Crippen molar-refractivity contribution >= 4 is 17.2 Å². The number of nitrogens with one attached hydrogen (secondary N) is 1. The van der Waals surface area contributed by atoms with Crippen molar-refractivity contribution < 1.29 is 18.3 Å². The Balaban J connectivity index is 1.67. The molecule has 0 saturated carbocycles. The number of aromatic nitrogens is 3. The summed E-state index contributed by atoms with van der Waals surface area (Å²) >= 11 is 0. The van der Waals surface area contributed by atoms with E-state index in [1.165, 1.54) is 54.1 Å². The largest absolute Gasteiger partial charge is 0.480 e. The zero-order valence-corrected chi connectivity index (χ0v) is 14.7. The van der Waals surface area contributed by atoms with Crippen LogP contribution >= 0.6 is 0 Å². The van der Waals surface area contributed by atoms with Gasteiger partial charge in [0.15, 0.2) is 5.65 Å². The highest BCUT2D eigenvalue weighted by Gasteiger charge is 2.15. The average molecular weight is 380 g/mol. The minimum atomic E-state index is -0.740. The Morgan fingerprint density at radius 2 is 1.89 bits per heavy atom. The number of hydrogen-bond acceptors (Lipinski definition) is 4. The molecule has 140 valence electrons. The number of fused-ring (bicyclic) bond motifs is 1. The summed E-state index contributed by atoms with van der Waals surface area (Å²) in [7, 11) is 1.51. The number of amides is 1. The molecule has 0 fully saturated rings. The molecule has 1 amide bonds. The van der Waals surface area contributed by atoms with Gasteiger partial charge in [0.25, 0.3) is 5.91 Å². The number of anilines is 1. The molecule has 6 nitrogen and oxygen atoms in total. The van der Waals surface area contributed by atoms with Crippen LogP contribution in [0.25, 0.3) is 16.9 Å². The Morgan fingerprint density at radius 1 is 1.07 bits per heavy atom. The molecule has 1 N–H and O–H groups in total. The third-order valence-electron chi connectivity index (χ3n) is 4.13. The number of carbonyl (C=O) groups is 1. The molecule has 0 unspecified atom stereocenters. The lowest BCUT2D eigenvalue weighted by molar-refractivity contribution is 0.102. The molecule has 4 rings (SSSR count). The zero-order chi connectivity index (χ0) is 19.7. The lowest BCUT2D eigenvalue weighted by atomic mass is 10.1. The highest BCUT2D eigenvalue weighted by atomic mass is 19.1. The van der Waals surface area contributed by atoms with Gasteiger partial charge in [-0.25, -0.2) is 18.3 Å². The van der Waals surface area contributed by atoms with Crippen LogP contribution in [-0.4, -0.2) is 27.6 Å². The molecule has 4 aromatic rings. The fourth-order valence-electron chi connectivity index (χ4n) is 2.73. The van der Waals surface area contributed by atoms with Crippen LogP contribution in [0, 0.1) is 11.6 Å². The molecule has 28 heavy (non-hydrogen) atoms. The van der Waals surface area contributed by atoms with E-state index in [2.05, 4.69) is 15.4 Å². The fraction of sp³-hybridized carbons (Fsp3) is 0.0500. The van der Waals surface area contributed by atoms with Gasteiger partial charge in [0.2, 0.25) is 5.88 Å². The molecule has 2 aromatic heterocycles. The van der Waals surface area contributed by atoms with Crippen molar-refractivity contribution in [3.63, 3.8) is 0 Å². The van der Waals surface area contributed by atoms with E-state index in [1.54, 1.807) is 18.3 Å². The van der Waals surface area contributed by atoms with Crippen LogP contribution in [0.5, 0.6) is 5.88 Å². The number of carbonyl (C=O) groups excluding carboxylic acids is 1. The zero-order valence-electron chi connectivity index (χ0n) is 14.7. The molecule has 0 saturated heterocycles. The number of benzene rings is 2. The highest BCUT2D eigenvalue weighted by Crippen LogP contribution is 2.25. The molecule has 0 radical (unpaired) electrons. The average Bonchev–Trinajstić information content (AvgIpc) is 3.13. The van der Waals surface area contributed by atoms with E-state index < -0.39 is 17.5 Å². The third-order valence-corrected chi connectivity index (χ3v) is 4.13. The molecule has 0 aliphatic heterocycles. The maximum absolute atomic E-state index is 14.2. The molecule has 0 atom stereocenters. The second-order valence-electron chi connectivity index (χ2n) is 5.93. The Hall–Kier alpha value is -3.81. The Morgan fingerprint density at radius 3 is 2.68 bits per heavy atom. The quantitative estimate of drug-likeness (QED) is 0.582. The summed E-state index contributed by atoms with van der Waals surface area (Å²) < 4.78 is 34.6. The number of nitrogens with zero attached hydrogens (tertiary/aromatic N) is 3. The van der Waals surface area contributed by atoms with Gasteiger partial charge >= 0.3 is 0 Å². The molecule has 0 aliphatic rings. The summed E-state index contributed by atoms with van der Waals surface area (Å²) in [4.78, 5) is 16.7. The van der Waals surface area contributed by atoms with Crippen molar-refractivity contribution in [1.82, 2.24) is 14.6 Å². The lowest BCUT2D eigenvalue weighted by Crippen LogP contribution is -2.14. The topological polar surface area (TPSA) is 68.5 Å². The predicted octanol–water partition coefficient (Wildman–Crippen LogP) is 3.94. The van der Waals surface area contributed by atoms with E-state index in [1.807, 2.05) is 0 Å². The summed E-state index contributed by atoms with van der Waals surface area (Å²) in [6, 6.07) is 13.1. The van der Waals surface area contributed by atoms with Gasteiger partial charge < -0.3 is 10.1 Å². The highest BCUT2D eigenvalue weighted by molar-refractivity contribution is 6.04. The van der Waals surface area contributed by atoms with E-state index in [-0.39, 0.29) is 11.3 Å². The number of hydrogen-bond donors (Lipinski definition) is 1. The molecule has 2 heterocycles. The Bertz CT molecular complexity index is 1190. The second-order valence-corrected chi connectivity index (χ2v) is 5.93. The van der Waals surface area contributed by atoms with Gasteiger partial charge in [0.05, 0.1) is 30.3 Å². The van der Waals surface area contributed by atoms with Crippen molar-refractivity contribution in [3.8, 4) is 17.1 Å². The van der Waals surface area contributed by atoms with E-state index in [4.69, 9.17) is 4.74 Å². The summed E-state index contributed by atoms with van der Waals surface area (Å²) in [5.41, 5.74) is 1.43. The van der Waals surface area contributed by atoms with Crippen molar-refractivity contribution in [2.45, 2.75) is 0 Å². The molecule has 0 bridgehead atoms. The summed E-state index contributed by atoms with van der Waals surface area (Å²) in [5, 5.41) is 6.63. The number of methoxy groups -OCH3 is 1. The molecule has 2 aromatic carbocycles. The second kappa shape index (κ2) is 7.07. The van der Waals surface area contributed by atoms with Crippen molar-refractivity contribution in [1.29, 1.82) is 0 Å². The van der Waals surface area contributed by atoms with Crippen molar-refractivity contribution in [2.75, 3.05) is 12.4 Å².